The van der Waals surface area contributed by atoms with Crippen molar-refractivity contribution in [2.75, 3.05) is 6.54 Å². The van der Waals surface area contributed by atoms with Crippen LogP contribution in [-0.2, 0) is 12.2 Å². The zero-order valence-corrected chi connectivity index (χ0v) is 18.4. The quantitative estimate of drug-likeness (QED) is 0.564. The second kappa shape index (κ2) is 9.27. The molecule has 0 bridgehead atoms. The number of aryl methyl sites for hydroxylation is 5. The molecular formula is C23H27N3O2S. The number of thioether (sulfide) groups is 1. The summed E-state index contributed by atoms with van der Waals surface area (Å²) in [6.07, 6.45) is 2.52. The number of amides is 1. The van der Waals surface area contributed by atoms with Crippen molar-refractivity contribution in [2.24, 2.45) is 0 Å². The lowest BCUT2D eigenvalue weighted by atomic mass is 9.97. The molecule has 2 aromatic heterocycles. The number of pyridine rings is 1. The van der Waals surface area contributed by atoms with Crippen LogP contribution in [0.3, 0.4) is 0 Å². The van der Waals surface area contributed by atoms with E-state index in [2.05, 4.69) is 48.4 Å². The molecule has 0 unspecified atom stereocenters. The predicted molar refractivity (Wildman–Crippen MR) is 116 cm³/mol. The van der Waals surface area contributed by atoms with Crippen LogP contribution in [0.4, 0.5) is 0 Å². The van der Waals surface area contributed by atoms with Crippen LogP contribution in [0, 0.1) is 34.6 Å². The fourth-order valence-electron chi connectivity index (χ4n) is 3.53. The number of carbonyl (C=O) groups is 1. The van der Waals surface area contributed by atoms with Gasteiger partial charge in [-0.2, -0.15) is 0 Å². The molecule has 3 aromatic rings. The highest BCUT2D eigenvalue weighted by molar-refractivity contribution is 7.98. The largest absolute Gasteiger partial charge is 0.361 e. The van der Waals surface area contributed by atoms with Crippen LogP contribution in [-0.4, -0.2) is 22.6 Å². The van der Waals surface area contributed by atoms with Crippen molar-refractivity contribution in [3.05, 3.63) is 75.3 Å². The Morgan fingerprint density at radius 3 is 2.48 bits per heavy atom. The molecular weight excluding hydrogens is 382 g/mol. The Balaban J connectivity index is 1.64. The second-order valence-electron chi connectivity index (χ2n) is 7.33. The standard InChI is InChI=1S/C23H27N3O2S/c1-14-11-15(2)19(16(3)12-14)8-10-24-22(27)20-7-6-9-25-23(20)29-13-21-17(4)26-28-18(21)5/h6-7,9,11-12H,8,10,13H2,1-5H3,(H,24,27). The van der Waals surface area contributed by atoms with Crippen molar-refractivity contribution in [3.8, 4) is 0 Å². The SMILES string of the molecule is Cc1cc(C)c(CCNC(=O)c2cccnc2SCc2c(C)noc2C)c(C)c1. The summed E-state index contributed by atoms with van der Waals surface area (Å²) in [4.78, 5) is 17.2. The van der Waals surface area contributed by atoms with E-state index in [1.54, 1.807) is 12.3 Å². The second-order valence-corrected chi connectivity index (χ2v) is 8.29. The summed E-state index contributed by atoms with van der Waals surface area (Å²) in [6.45, 7) is 10.8. The monoisotopic (exact) mass is 409 g/mol. The number of nitrogens with one attached hydrogen (secondary N) is 1. The molecule has 0 aliphatic heterocycles. The Labute approximate surface area is 176 Å². The molecule has 0 spiro atoms. The van der Waals surface area contributed by atoms with Gasteiger partial charge in [0.25, 0.3) is 5.91 Å². The van der Waals surface area contributed by atoms with Gasteiger partial charge in [0.1, 0.15) is 10.8 Å². The molecule has 0 atom stereocenters. The normalized spacial score (nSPS) is 10.9. The predicted octanol–water partition coefficient (Wildman–Crippen LogP) is 4.88. The Hall–Kier alpha value is -2.60. The number of rotatable bonds is 7. The lowest BCUT2D eigenvalue weighted by Gasteiger charge is -2.13. The minimum atomic E-state index is -0.0956. The molecule has 3 rings (SSSR count). The van der Waals surface area contributed by atoms with Gasteiger partial charge in [-0.15, -0.1) is 11.8 Å². The van der Waals surface area contributed by atoms with E-state index in [-0.39, 0.29) is 5.91 Å². The van der Waals surface area contributed by atoms with E-state index >= 15 is 0 Å². The third kappa shape index (κ3) is 5.07. The average Bonchev–Trinajstić information content (AvgIpc) is 3.00. The zero-order valence-electron chi connectivity index (χ0n) is 17.6. The minimum absolute atomic E-state index is 0.0956. The molecule has 0 aliphatic rings. The van der Waals surface area contributed by atoms with Gasteiger partial charge in [0.15, 0.2) is 0 Å². The van der Waals surface area contributed by atoms with Crippen LogP contribution in [0.1, 0.15) is 49.6 Å². The molecule has 1 amide bonds. The maximum Gasteiger partial charge on any atom is 0.254 e. The molecule has 29 heavy (non-hydrogen) atoms. The third-order valence-corrected chi connectivity index (χ3v) is 6.08. The average molecular weight is 410 g/mol. The number of aromatic nitrogens is 2. The number of carbonyl (C=O) groups excluding carboxylic acids is 1. The van der Waals surface area contributed by atoms with Gasteiger partial charge in [-0.3, -0.25) is 4.79 Å². The molecule has 0 saturated heterocycles. The summed E-state index contributed by atoms with van der Waals surface area (Å²) in [5.41, 5.74) is 7.64. The smallest absolute Gasteiger partial charge is 0.254 e. The Bertz CT molecular complexity index is 984. The molecule has 6 heteroatoms. The molecule has 1 N–H and O–H groups in total. The third-order valence-electron chi connectivity index (χ3n) is 5.05. The van der Waals surface area contributed by atoms with Gasteiger partial charge in [0.05, 0.1) is 11.3 Å². The fourth-order valence-corrected chi connectivity index (χ4v) is 4.67. The van der Waals surface area contributed by atoms with Gasteiger partial charge in [-0.25, -0.2) is 4.98 Å². The first-order chi connectivity index (χ1) is 13.9. The van der Waals surface area contributed by atoms with E-state index in [0.29, 0.717) is 22.9 Å². The number of hydrogen-bond donors (Lipinski definition) is 1. The van der Waals surface area contributed by atoms with E-state index in [1.165, 1.54) is 34.0 Å². The van der Waals surface area contributed by atoms with E-state index < -0.39 is 0 Å². The Morgan fingerprint density at radius 2 is 1.83 bits per heavy atom. The van der Waals surface area contributed by atoms with E-state index in [9.17, 15) is 4.79 Å². The topological polar surface area (TPSA) is 68.0 Å². The van der Waals surface area contributed by atoms with Crippen molar-refractivity contribution in [3.63, 3.8) is 0 Å². The van der Waals surface area contributed by atoms with Gasteiger partial charge < -0.3 is 9.84 Å². The molecule has 0 saturated carbocycles. The van der Waals surface area contributed by atoms with Crippen molar-refractivity contribution in [1.29, 1.82) is 0 Å². The van der Waals surface area contributed by atoms with Gasteiger partial charge in [0.2, 0.25) is 0 Å². The first-order valence-corrected chi connectivity index (χ1v) is 10.7. The van der Waals surface area contributed by atoms with Crippen LogP contribution >= 0.6 is 11.8 Å². The summed E-state index contributed by atoms with van der Waals surface area (Å²) in [6, 6.07) is 7.99. The van der Waals surface area contributed by atoms with Gasteiger partial charge in [0, 0.05) is 24.1 Å². The Morgan fingerprint density at radius 1 is 1.10 bits per heavy atom. The summed E-state index contributed by atoms with van der Waals surface area (Å²) in [5.74, 6) is 1.38. The van der Waals surface area contributed by atoms with Gasteiger partial charge >= 0.3 is 0 Å². The lowest BCUT2D eigenvalue weighted by Crippen LogP contribution is -2.26. The fraction of sp³-hybridized carbons (Fsp3) is 0.348. The maximum atomic E-state index is 12.8. The van der Waals surface area contributed by atoms with Crippen molar-refractivity contribution in [1.82, 2.24) is 15.5 Å². The van der Waals surface area contributed by atoms with Gasteiger partial charge in [-0.05, 0) is 69.9 Å². The molecule has 5 nitrogen and oxygen atoms in total. The zero-order chi connectivity index (χ0) is 21.0. The van der Waals surface area contributed by atoms with Crippen LogP contribution in [0.15, 0.2) is 40.0 Å². The van der Waals surface area contributed by atoms with E-state index in [1.807, 2.05) is 19.9 Å². The highest BCUT2D eigenvalue weighted by Crippen LogP contribution is 2.27. The van der Waals surface area contributed by atoms with Crippen molar-refractivity contribution >= 4 is 17.7 Å². The number of benzene rings is 1. The summed E-state index contributed by atoms with van der Waals surface area (Å²) in [5, 5.41) is 7.75. The summed E-state index contributed by atoms with van der Waals surface area (Å²) in [7, 11) is 0. The van der Waals surface area contributed by atoms with Crippen LogP contribution < -0.4 is 5.32 Å². The lowest BCUT2D eigenvalue weighted by molar-refractivity contribution is 0.0950. The molecule has 1 aromatic carbocycles. The van der Waals surface area contributed by atoms with E-state index in [4.69, 9.17) is 4.52 Å². The molecule has 2 heterocycles. The highest BCUT2D eigenvalue weighted by Gasteiger charge is 2.15. The molecule has 152 valence electrons. The van der Waals surface area contributed by atoms with Crippen LogP contribution in [0.5, 0.6) is 0 Å². The molecule has 0 fully saturated rings. The first kappa shape index (κ1) is 21.1. The number of hydrogen-bond acceptors (Lipinski definition) is 5. The highest BCUT2D eigenvalue weighted by atomic mass is 32.2. The molecule has 0 aliphatic carbocycles. The van der Waals surface area contributed by atoms with E-state index in [0.717, 1.165) is 23.4 Å². The first-order valence-electron chi connectivity index (χ1n) is 9.71. The van der Waals surface area contributed by atoms with Crippen molar-refractivity contribution < 1.29 is 9.32 Å². The van der Waals surface area contributed by atoms with Gasteiger partial charge in [-0.1, -0.05) is 22.9 Å². The maximum absolute atomic E-state index is 12.8. The van der Waals surface area contributed by atoms with Crippen molar-refractivity contribution in [2.45, 2.75) is 51.8 Å². The minimum Gasteiger partial charge on any atom is -0.361 e. The summed E-state index contributed by atoms with van der Waals surface area (Å²) >= 11 is 1.53. The number of nitrogens with zero attached hydrogens (tertiary/aromatic N) is 2. The van der Waals surface area contributed by atoms with Crippen LogP contribution in [0.2, 0.25) is 0 Å². The Kier molecular flexibility index (Phi) is 6.75. The molecule has 0 radical (unpaired) electrons. The van der Waals surface area contributed by atoms with Crippen LogP contribution in [0.25, 0.3) is 0 Å². The summed E-state index contributed by atoms with van der Waals surface area (Å²) < 4.78 is 5.22.